The molecule has 1 aliphatic heterocycles. The molecule has 0 fully saturated rings. The molecule has 2 rings (SSSR count). The van der Waals surface area contributed by atoms with Gasteiger partial charge >= 0.3 is 5.97 Å². The summed E-state index contributed by atoms with van der Waals surface area (Å²) < 4.78 is 16.5. The Bertz CT molecular complexity index is 640. The van der Waals surface area contributed by atoms with Crippen LogP contribution in [0.4, 0.5) is 0 Å². The molecule has 1 aromatic carbocycles. The van der Waals surface area contributed by atoms with Gasteiger partial charge in [-0.2, -0.15) is 0 Å². The summed E-state index contributed by atoms with van der Waals surface area (Å²) >= 11 is 0. The van der Waals surface area contributed by atoms with Crippen molar-refractivity contribution >= 4 is 5.97 Å². The Morgan fingerprint density at radius 3 is 2.13 bits per heavy atom. The molecule has 1 heterocycles. The van der Waals surface area contributed by atoms with Crippen molar-refractivity contribution in [3.8, 4) is 11.5 Å². The van der Waals surface area contributed by atoms with Crippen LogP contribution in [0, 0.1) is 0 Å². The lowest BCUT2D eigenvalue weighted by Gasteiger charge is -2.17. The Kier molecular flexibility index (Phi) is 12.9. The minimum atomic E-state index is -0.318. The van der Waals surface area contributed by atoms with Crippen LogP contribution < -0.4 is 9.47 Å². The van der Waals surface area contributed by atoms with Crippen LogP contribution in [0.2, 0.25) is 0 Å². The van der Waals surface area contributed by atoms with E-state index in [1.54, 1.807) is 6.08 Å². The molecule has 4 heteroatoms. The van der Waals surface area contributed by atoms with E-state index in [1.807, 2.05) is 18.2 Å². The van der Waals surface area contributed by atoms with E-state index in [2.05, 4.69) is 13.5 Å². The Morgan fingerprint density at radius 2 is 1.52 bits per heavy atom. The van der Waals surface area contributed by atoms with E-state index < -0.39 is 0 Å². The molecular weight excluding hydrogens is 388 g/mol. The molecule has 1 unspecified atom stereocenters. The summed E-state index contributed by atoms with van der Waals surface area (Å²) in [6.45, 7) is 6.30. The number of hydrogen-bond donors (Lipinski definition) is 0. The number of rotatable bonds is 18. The van der Waals surface area contributed by atoms with Crippen molar-refractivity contribution in [3.63, 3.8) is 0 Å². The summed E-state index contributed by atoms with van der Waals surface area (Å²) in [6, 6.07) is 5.70. The van der Waals surface area contributed by atoms with Gasteiger partial charge < -0.3 is 14.2 Å². The first-order valence-corrected chi connectivity index (χ1v) is 12.4. The maximum atomic E-state index is 12.3. The van der Waals surface area contributed by atoms with Crippen molar-refractivity contribution in [1.29, 1.82) is 0 Å². The quantitative estimate of drug-likeness (QED) is 0.134. The third-order valence-electron chi connectivity index (χ3n) is 5.91. The van der Waals surface area contributed by atoms with Crippen molar-refractivity contribution in [3.05, 3.63) is 36.4 Å². The van der Waals surface area contributed by atoms with Gasteiger partial charge in [-0.05, 0) is 24.1 Å². The Balaban J connectivity index is 1.52. The lowest BCUT2D eigenvalue weighted by molar-refractivity contribution is -0.149. The number of unbranched alkanes of at least 4 members (excludes halogenated alkanes) is 12. The molecule has 0 amide bonds. The van der Waals surface area contributed by atoms with E-state index in [4.69, 9.17) is 14.2 Å². The second-order valence-electron chi connectivity index (χ2n) is 8.61. The Labute approximate surface area is 189 Å². The summed E-state index contributed by atoms with van der Waals surface area (Å²) in [5.74, 6) is 1.31. The SMILES string of the molecule is C=CCC(OC(=O)CCCCCCCCCCCCCCC)c1ccc2c(c1)OCO2. The average Bonchev–Trinajstić information content (AvgIpc) is 3.24. The number of carbonyl (C=O) groups is 1. The van der Waals surface area contributed by atoms with Crippen LogP contribution >= 0.6 is 0 Å². The lowest BCUT2D eigenvalue weighted by atomic mass is 10.0. The van der Waals surface area contributed by atoms with Crippen molar-refractivity contribution in [2.75, 3.05) is 6.79 Å². The lowest BCUT2D eigenvalue weighted by Crippen LogP contribution is -2.11. The van der Waals surface area contributed by atoms with Gasteiger partial charge in [-0.15, -0.1) is 6.58 Å². The largest absolute Gasteiger partial charge is 0.457 e. The van der Waals surface area contributed by atoms with E-state index in [1.165, 1.54) is 70.6 Å². The average molecular weight is 431 g/mol. The highest BCUT2D eigenvalue weighted by Gasteiger charge is 2.20. The first-order valence-electron chi connectivity index (χ1n) is 12.4. The molecule has 1 aromatic rings. The Morgan fingerprint density at radius 1 is 0.935 bits per heavy atom. The summed E-state index contributed by atoms with van der Waals surface area (Å²) in [5, 5.41) is 0. The van der Waals surface area contributed by atoms with E-state index >= 15 is 0 Å². The normalized spacial score (nSPS) is 13.2. The fourth-order valence-electron chi connectivity index (χ4n) is 4.02. The van der Waals surface area contributed by atoms with Crippen LogP contribution in [0.5, 0.6) is 11.5 Å². The molecule has 4 nitrogen and oxygen atoms in total. The third kappa shape index (κ3) is 10.3. The molecule has 0 spiro atoms. The number of benzene rings is 1. The van der Waals surface area contributed by atoms with Crippen LogP contribution in [0.25, 0.3) is 0 Å². The molecular formula is C27H42O4. The molecule has 0 radical (unpaired) electrons. The van der Waals surface area contributed by atoms with Gasteiger partial charge in [-0.3, -0.25) is 4.79 Å². The van der Waals surface area contributed by atoms with E-state index in [0.717, 1.165) is 24.2 Å². The van der Waals surface area contributed by atoms with E-state index in [9.17, 15) is 4.79 Å². The predicted octanol–water partition coefficient (Wildman–Crippen LogP) is 8.06. The van der Waals surface area contributed by atoms with E-state index in [0.29, 0.717) is 18.6 Å². The molecule has 0 aliphatic carbocycles. The molecule has 1 aliphatic rings. The first-order chi connectivity index (χ1) is 15.2. The molecule has 0 aromatic heterocycles. The zero-order chi connectivity index (χ0) is 22.2. The van der Waals surface area contributed by atoms with Crippen molar-refractivity contribution in [2.45, 2.75) is 109 Å². The van der Waals surface area contributed by atoms with Gasteiger partial charge in [0.1, 0.15) is 6.10 Å². The monoisotopic (exact) mass is 430 g/mol. The highest BCUT2D eigenvalue weighted by Crippen LogP contribution is 2.36. The van der Waals surface area contributed by atoms with Crippen LogP contribution in [0.1, 0.15) is 115 Å². The van der Waals surface area contributed by atoms with Gasteiger partial charge in [-0.1, -0.05) is 96.1 Å². The van der Waals surface area contributed by atoms with Crippen molar-refractivity contribution in [1.82, 2.24) is 0 Å². The molecule has 0 saturated carbocycles. The molecule has 1 atom stereocenters. The van der Waals surface area contributed by atoms with Crippen molar-refractivity contribution in [2.24, 2.45) is 0 Å². The van der Waals surface area contributed by atoms with Gasteiger partial charge in [0, 0.05) is 12.8 Å². The number of esters is 1. The zero-order valence-electron chi connectivity index (χ0n) is 19.5. The number of carbonyl (C=O) groups excluding carboxylic acids is 1. The minimum absolute atomic E-state index is 0.132. The van der Waals surface area contributed by atoms with Crippen LogP contribution in [-0.2, 0) is 9.53 Å². The van der Waals surface area contributed by atoms with Gasteiger partial charge in [0.05, 0.1) is 0 Å². The van der Waals surface area contributed by atoms with Gasteiger partial charge in [0.15, 0.2) is 11.5 Å². The van der Waals surface area contributed by atoms with Crippen molar-refractivity contribution < 1.29 is 19.0 Å². The maximum absolute atomic E-state index is 12.3. The van der Waals surface area contributed by atoms with Gasteiger partial charge in [0.25, 0.3) is 0 Å². The smallest absolute Gasteiger partial charge is 0.306 e. The summed E-state index contributed by atoms with van der Waals surface area (Å²) in [7, 11) is 0. The van der Waals surface area contributed by atoms with E-state index in [-0.39, 0.29) is 18.9 Å². The molecule has 0 saturated heterocycles. The summed E-state index contributed by atoms with van der Waals surface area (Å²) in [4.78, 5) is 12.3. The minimum Gasteiger partial charge on any atom is -0.457 e. The highest BCUT2D eigenvalue weighted by atomic mass is 16.7. The fraction of sp³-hybridized carbons (Fsp3) is 0.667. The topological polar surface area (TPSA) is 44.8 Å². The second-order valence-corrected chi connectivity index (χ2v) is 8.61. The summed E-state index contributed by atoms with van der Waals surface area (Å²) in [6.07, 6.45) is 19.4. The molecule has 0 N–H and O–H groups in total. The first kappa shape index (κ1) is 25.3. The molecule has 0 bridgehead atoms. The number of hydrogen-bond acceptors (Lipinski definition) is 4. The second kappa shape index (κ2) is 15.8. The summed E-state index contributed by atoms with van der Waals surface area (Å²) in [5.41, 5.74) is 0.919. The third-order valence-corrected chi connectivity index (χ3v) is 5.91. The van der Waals surface area contributed by atoms with Crippen LogP contribution in [-0.4, -0.2) is 12.8 Å². The number of fused-ring (bicyclic) bond motifs is 1. The predicted molar refractivity (Wildman–Crippen MR) is 127 cm³/mol. The van der Waals surface area contributed by atoms with Crippen LogP contribution in [0.3, 0.4) is 0 Å². The fourth-order valence-corrected chi connectivity index (χ4v) is 4.02. The van der Waals surface area contributed by atoms with Crippen LogP contribution in [0.15, 0.2) is 30.9 Å². The number of ether oxygens (including phenoxy) is 3. The molecule has 174 valence electrons. The Hall–Kier alpha value is -1.97. The van der Waals surface area contributed by atoms with Gasteiger partial charge in [0.2, 0.25) is 6.79 Å². The van der Waals surface area contributed by atoms with Gasteiger partial charge in [-0.25, -0.2) is 0 Å². The standard InChI is InChI=1S/C27H42O4/c1-3-5-6-7-8-9-10-11-12-13-14-15-16-18-27(28)31-24(17-4-2)23-19-20-25-26(21-23)30-22-29-25/h4,19-21,24H,2-3,5-18,22H2,1H3. The highest BCUT2D eigenvalue weighted by molar-refractivity contribution is 5.69. The molecule has 31 heavy (non-hydrogen) atoms. The zero-order valence-corrected chi connectivity index (χ0v) is 19.5. The maximum Gasteiger partial charge on any atom is 0.306 e.